The fourth-order valence-electron chi connectivity index (χ4n) is 2.45. The van der Waals surface area contributed by atoms with Crippen LogP contribution in [0.25, 0.3) is 0 Å². The van der Waals surface area contributed by atoms with Crippen LogP contribution >= 0.6 is 0 Å². The number of phenols is 1. The molecule has 0 aliphatic carbocycles. The monoisotopic (exact) mass is 374 g/mol. The van der Waals surface area contributed by atoms with Crippen molar-refractivity contribution in [2.75, 3.05) is 10.6 Å². The van der Waals surface area contributed by atoms with E-state index in [1.54, 1.807) is 24.3 Å². The molecule has 3 aromatic rings. The molecule has 3 N–H and O–H groups in total. The number of aromatic hydroxyl groups is 1. The van der Waals surface area contributed by atoms with Crippen LogP contribution in [0.2, 0.25) is 0 Å². The van der Waals surface area contributed by atoms with E-state index in [1.165, 1.54) is 18.2 Å². The van der Waals surface area contributed by atoms with Gasteiger partial charge in [0.05, 0.1) is 5.56 Å². The van der Waals surface area contributed by atoms with Crippen molar-refractivity contribution in [3.05, 3.63) is 91.0 Å². The lowest BCUT2D eigenvalue weighted by atomic mass is 10.1. The third-order valence-corrected chi connectivity index (χ3v) is 3.76. The van der Waals surface area contributed by atoms with Gasteiger partial charge in [-0.05, 0) is 48.5 Å². The predicted molar refractivity (Wildman–Crippen MR) is 108 cm³/mol. The largest absolute Gasteiger partial charge is 0.507 e. The number of carbonyl (C=O) groups excluding carboxylic acids is 2. The number of rotatable bonds is 6. The standard InChI is InChI=1S/C22H18N2O4/c1-2-21(26)23-16-11-12-20(25)19(14-16)22(27)24-15-7-6-10-18(13-15)28-17-8-4-3-5-9-17/h2-14,25H,1H2,(H,23,26)(H,24,27). The van der Waals surface area contributed by atoms with E-state index in [2.05, 4.69) is 17.2 Å². The zero-order valence-corrected chi connectivity index (χ0v) is 14.9. The third-order valence-electron chi connectivity index (χ3n) is 3.76. The van der Waals surface area contributed by atoms with E-state index < -0.39 is 11.8 Å². The fraction of sp³-hybridized carbons (Fsp3) is 0. The van der Waals surface area contributed by atoms with Gasteiger partial charge in [-0.2, -0.15) is 0 Å². The first-order chi connectivity index (χ1) is 13.5. The van der Waals surface area contributed by atoms with Crippen molar-refractivity contribution in [2.24, 2.45) is 0 Å². The number of benzene rings is 3. The molecule has 3 rings (SSSR count). The number of anilines is 2. The Morgan fingerprint density at radius 2 is 1.57 bits per heavy atom. The van der Waals surface area contributed by atoms with Crippen molar-refractivity contribution < 1.29 is 19.4 Å². The Morgan fingerprint density at radius 3 is 2.32 bits per heavy atom. The molecule has 0 atom stereocenters. The van der Waals surface area contributed by atoms with E-state index >= 15 is 0 Å². The quantitative estimate of drug-likeness (QED) is 0.436. The normalized spacial score (nSPS) is 10.0. The first-order valence-electron chi connectivity index (χ1n) is 8.46. The minimum atomic E-state index is -0.524. The zero-order chi connectivity index (χ0) is 19.9. The van der Waals surface area contributed by atoms with Gasteiger partial charge in [0.2, 0.25) is 5.91 Å². The minimum absolute atomic E-state index is 0.0243. The number of amides is 2. The van der Waals surface area contributed by atoms with Crippen LogP contribution in [0.3, 0.4) is 0 Å². The summed E-state index contributed by atoms with van der Waals surface area (Å²) in [4.78, 5) is 24.0. The Bertz CT molecular complexity index is 1020. The second-order valence-corrected chi connectivity index (χ2v) is 5.82. The highest BCUT2D eigenvalue weighted by Gasteiger charge is 2.13. The number of para-hydroxylation sites is 1. The van der Waals surface area contributed by atoms with E-state index in [9.17, 15) is 14.7 Å². The van der Waals surface area contributed by atoms with E-state index in [4.69, 9.17) is 4.74 Å². The first-order valence-corrected chi connectivity index (χ1v) is 8.46. The van der Waals surface area contributed by atoms with Crippen LogP contribution in [-0.2, 0) is 4.79 Å². The second kappa shape index (κ2) is 8.55. The minimum Gasteiger partial charge on any atom is -0.507 e. The molecule has 0 unspecified atom stereocenters. The number of phenolic OH excluding ortho intramolecular Hbond substituents is 1. The van der Waals surface area contributed by atoms with Crippen LogP contribution in [0.1, 0.15) is 10.4 Å². The van der Waals surface area contributed by atoms with Crippen molar-refractivity contribution in [2.45, 2.75) is 0 Å². The van der Waals surface area contributed by atoms with Crippen molar-refractivity contribution in [3.63, 3.8) is 0 Å². The van der Waals surface area contributed by atoms with Crippen LogP contribution in [0.5, 0.6) is 17.2 Å². The summed E-state index contributed by atoms with van der Waals surface area (Å²) < 4.78 is 5.75. The van der Waals surface area contributed by atoms with E-state index in [0.29, 0.717) is 22.9 Å². The number of hydrogen-bond donors (Lipinski definition) is 3. The highest BCUT2D eigenvalue weighted by molar-refractivity contribution is 6.07. The average molecular weight is 374 g/mol. The second-order valence-electron chi connectivity index (χ2n) is 5.82. The van der Waals surface area contributed by atoms with Gasteiger partial charge in [0.15, 0.2) is 0 Å². The SMILES string of the molecule is C=CC(=O)Nc1ccc(O)c(C(=O)Nc2cccc(Oc3ccccc3)c2)c1. The smallest absolute Gasteiger partial charge is 0.259 e. The van der Waals surface area contributed by atoms with E-state index in [1.807, 2.05) is 30.3 Å². The van der Waals surface area contributed by atoms with Gasteiger partial charge in [-0.1, -0.05) is 30.8 Å². The Kier molecular flexibility index (Phi) is 5.72. The van der Waals surface area contributed by atoms with Gasteiger partial charge in [0.25, 0.3) is 5.91 Å². The Balaban J connectivity index is 1.76. The third kappa shape index (κ3) is 4.76. The van der Waals surface area contributed by atoms with Gasteiger partial charge in [-0.15, -0.1) is 0 Å². The summed E-state index contributed by atoms with van der Waals surface area (Å²) in [5.41, 5.74) is 0.892. The molecule has 140 valence electrons. The Labute approximate surface area is 162 Å². The molecule has 0 aromatic heterocycles. The Hall–Kier alpha value is -4.06. The maximum atomic E-state index is 12.6. The molecule has 0 fully saturated rings. The molecule has 0 radical (unpaired) electrons. The van der Waals surface area contributed by atoms with Gasteiger partial charge in [0.1, 0.15) is 17.2 Å². The molecule has 0 heterocycles. The first kappa shape index (κ1) is 18.7. The van der Waals surface area contributed by atoms with Crippen molar-refractivity contribution in [1.82, 2.24) is 0 Å². The highest BCUT2D eigenvalue weighted by atomic mass is 16.5. The summed E-state index contributed by atoms with van der Waals surface area (Å²) in [7, 11) is 0. The van der Waals surface area contributed by atoms with Crippen LogP contribution in [0.4, 0.5) is 11.4 Å². The van der Waals surface area contributed by atoms with Gasteiger partial charge in [-0.3, -0.25) is 9.59 Å². The van der Waals surface area contributed by atoms with Crippen LogP contribution in [0, 0.1) is 0 Å². The van der Waals surface area contributed by atoms with Gasteiger partial charge in [-0.25, -0.2) is 0 Å². The molecule has 28 heavy (non-hydrogen) atoms. The Morgan fingerprint density at radius 1 is 0.857 bits per heavy atom. The molecule has 6 nitrogen and oxygen atoms in total. The van der Waals surface area contributed by atoms with Crippen LogP contribution < -0.4 is 15.4 Å². The van der Waals surface area contributed by atoms with E-state index in [0.717, 1.165) is 6.08 Å². The maximum Gasteiger partial charge on any atom is 0.259 e. The molecule has 0 saturated heterocycles. The number of carbonyl (C=O) groups is 2. The lowest BCUT2D eigenvalue weighted by Crippen LogP contribution is -2.13. The molecular weight excluding hydrogens is 356 g/mol. The lowest BCUT2D eigenvalue weighted by molar-refractivity contribution is -0.111. The number of ether oxygens (including phenoxy) is 1. The molecular formula is C22H18N2O4. The number of nitrogens with one attached hydrogen (secondary N) is 2. The summed E-state index contributed by atoms with van der Waals surface area (Å²) in [6, 6.07) is 20.4. The summed E-state index contributed by atoms with van der Waals surface area (Å²) in [5, 5.41) is 15.3. The van der Waals surface area contributed by atoms with Crippen molar-refractivity contribution in [1.29, 1.82) is 0 Å². The summed E-state index contributed by atoms with van der Waals surface area (Å²) in [5.74, 6) is 0.0900. The lowest BCUT2D eigenvalue weighted by Gasteiger charge is -2.11. The molecule has 0 spiro atoms. The highest BCUT2D eigenvalue weighted by Crippen LogP contribution is 2.26. The van der Waals surface area contributed by atoms with E-state index in [-0.39, 0.29) is 11.3 Å². The summed E-state index contributed by atoms with van der Waals surface area (Å²) in [6.45, 7) is 3.37. The predicted octanol–water partition coefficient (Wildman–Crippen LogP) is 4.56. The average Bonchev–Trinajstić information content (AvgIpc) is 2.70. The number of hydrogen-bond acceptors (Lipinski definition) is 4. The zero-order valence-electron chi connectivity index (χ0n) is 14.9. The summed E-state index contributed by atoms with van der Waals surface area (Å²) >= 11 is 0. The maximum absolute atomic E-state index is 12.6. The molecule has 0 aliphatic heterocycles. The van der Waals surface area contributed by atoms with Crippen LogP contribution in [0.15, 0.2) is 85.5 Å². The summed E-state index contributed by atoms with van der Waals surface area (Å²) in [6.07, 6.45) is 1.12. The molecule has 0 bridgehead atoms. The van der Waals surface area contributed by atoms with Gasteiger partial charge < -0.3 is 20.5 Å². The van der Waals surface area contributed by atoms with Crippen LogP contribution in [-0.4, -0.2) is 16.9 Å². The topological polar surface area (TPSA) is 87.7 Å². The molecule has 3 aromatic carbocycles. The van der Waals surface area contributed by atoms with Crippen molar-refractivity contribution in [3.8, 4) is 17.2 Å². The molecule has 0 aliphatic rings. The van der Waals surface area contributed by atoms with Gasteiger partial charge in [0, 0.05) is 17.4 Å². The fourth-order valence-corrected chi connectivity index (χ4v) is 2.45. The van der Waals surface area contributed by atoms with Crippen molar-refractivity contribution >= 4 is 23.2 Å². The molecule has 6 heteroatoms. The molecule has 2 amide bonds. The van der Waals surface area contributed by atoms with Gasteiger partial charge >= 0.3 is 0 Å². The molecule has 0 saturated carbocycles.